The number of thiophene rings is 1. The van der Waals surface area contributed by atoms with Gasteiger partial charge in [-0.3, -0.25) is 4.72 Å². The largest absolute Gasteiger partial charge is 0.486 e. The first-order chi connectivity index (χ1) is 13.0. The number of sulfonamides is 1. The minimum Gasteiger partial charge on any atom is -0.486 e. The molecule has 7 nitrogen and oxygen atoms in total. The van der Waals surface area contributed by atoms with Crippen molar-refractivity contribution in [3.63, 3.8) is 0 Å². The molecule has 3 aromatic rings. The van der Waals surface area contributed by atoms with Crippen LogP contribution in [0.5, 0.6) is 11.5 Å². The molecule has 0 atom stereocenters. The van der Waals surface area contributed by atoms with E-state index in [1.807, 2.05) is 0 Å². The summed E-state index contributed by atoms with van der Waals surface area (Å²) in [6.45, 7) is 0.840. The van der Waals surface area contributed by atoms with Crippen LogP contribution in [0.4, 0.5) is 5.69 Å². The van der Waals surface area contributed by atoms with Gasteiger partial charge in [-0.15, -0.1) is 11.3 Å². The SMILES string of the molecule is COC(=O)c1sc2ccccc2c1S(=O)(=O)Nc1ccc2c(c1)OCCO2. The van der Waals surface area contributed by atoms with Crippen LogP contribution in [-0.2, 0) is 14.8 Å². The predicted molar refractivity (Wildman–Crippen MR) is 101 cm³/mol. The van der Waals surface area contributed by atoms with E-state index in [0.29, 0.717) is 40.5 Å². The summed E-state index contributed by atoms with van der Waals surface area (Å²) in [6.07, 6.45) is 0. The van der Waals surface area contributed by atoms with Gasteiger partial charge in [-0.2, -0.15) is 0 Å². The van der Waals surface area contributed by atoms with Crippen molar-refractivity contribution in [2.24, 2.45) is 0 Å². The smallest absolute Gasteiger partial charge is 0.349 e. The number of hydrogen-bond acceptors (Lipinski definition) is 7. The van der Waals surface area contributed by atoms with Crippen molar-refractivity contribution < 1.29 is 27.4 Å². The molecule has 4 rings (SSSR count). The average Bonchev–Trinajstić information content (AvgIpc) is 3.07. The van der Waals surface area contributed by atoms with Crippen molar-refractivity contribution in [1.82, 2.24) is 0 Å². The second-order valence-corrected chi connectivity index (χ2v) is 8.38. The molecule has 2 heterocycles. The molecule has 0 spiro atoms. The van der Waals surface area contributed by atoms with Gasteiger partial charge in [0.2, 0.25) is 0 Å². The molecule has 1 aliphatic heterocycles. The number of rotatable bonds is 4. The molecule has 0 saturated heterocycles. The van der Waals surface area contributed by atoms with Crippen LogP contribution in [0.3, 0.4) is 0 Å². The van der Waals surface area contributed by atoms with Gasteiger partial charge >= 0.3 is 5.97 Å². The molecule has 0 radical (unpaired) electrons. The lowest BCUT2D eigenvalue weighted by Crippen LogP contribution is -2.18. The zero-order valence-corrected chi connectivity index (χ0v) is 15.9. The van der Waals surface area contributed by atoms with E-state index in [4.69, 9.17) is 14.2 Å². The van der Waals surface area contributed by atoms with Crippen molar-refractivity contribution >= 4 is 43.1 Å². The highest BCUT2D eigenvalue weighted by Gasteiger charge is 2.29. The molecule has 1 N–H and O–H groups in total. The minimum atomic E-state index is -4.05. The van der Waals surface area contributed by atoms with Crippen LogP contribution < -0.4 is 14.2 Å². The number of methoxy groups -OCH3 is 1. The highest BCUT2D eigenvalue weighted by atomic mass is 32.2. The molecule has 27 heavy (non-hydrogen) atoms. The summed E-state index contributed by atoms with van der Waals surface area (Å²) < 4.78 is 45.1. The standard InChI is InChI=1S/C18H15NO6S2/c1-23-18(20)16-17(12-4-2-3-5-15(12)26-16)27(21,22)19-11-6-7-13-14(10-11)25-9-8-24-13/h2-7,10,19H,8-9H2,1H3. The molecule has 0 amide bonds. The number of carbonyl (C=O) groups excluding carboxylic acids is 1. The van der Waals surface area contributed by atoms with Crippen LogP contribution in [0.15, 0.2) is 47.4 Å². The highest BCUT2D eigenvalue weighted by Crippen LogP contribution is 2.37. The number of fused-ring (bicyclic) bond motifs is 2. The molecule has 0 unspecified atom stereocenters. The summed E-state index contributed by atoms with van der Waals surface area (Å²) in [6, 6.07) is 11.7. The second-order valence-electron chi connectivity index (χ2n) is 5.71. The third-order valence-electron chi connectivity index (χ3n) is 3.98. The van der Waals surface area contributed by atoms with Crippen LogP contribution >= 0.6 is 11.3 Å². The Balaban J connectivity index is 1.79. The Kier molecular flexibility index (Phi) is 4.40. The first-order valence-electron chi connectivity index (χ1n) is 8.02. The van der Waals surface area contributed by atoms with Crippen LogP contribution in [0.2, 0.25) is 0 Å². The van der Waals surface area contributed by atoms with Crippen LogP contribution in [0.25, 0.3) is 10.1 Å². The fourth-order valence-electron chi connectivity index (χ4n) is 2.83. The van der Waals surface area contributed by atoms with E-state index in [-0.39, 0.29) is 9.77 Å². The normalized spacial score (nSPS) is 13.4. The molecule has 1 aliphatic rings. The zero-order valence-electron chi connectivity index (χ0n) is 14.2. The van der Waals surface area contributed by atoms with Crippen LogP contribution in [0, 0.1) is 0 Å². The number of esters is 1. The van der Waals surface area contributed by atoms with Gasteiger partial charge in [-0.1, -0.05) is 18.2 Å². The van der Waals surface area contributed by atoms with Gasteiger partial charge in [0, 0.05) is 16.2 Å². The van der Waals surface area contributed by atoms with Crippen LogP contribution in [-0.4, -0.2) is 34.7 Å². The summed E-state index contributed by atoms with van der Waals surface area (Å²) >= 11 is 1.08. The van der Waals surface area contributed by atoms with Crippen molar-refractivity contribution in [1.29, 1.82) is 0 Å². The van der Waals surface area contributed by atoms with E-state index < -0.39 is 16.0 Å². The maximum Gasteiger partial charge on any atom is 0.349 e. The van der Waals surface area contributed by atoms with Crippen molar-refractivity contribution in [2.75, 3.05) is 25.0 Å². The summed E-state index contributed by atoms with van der Waals surface area (Å²) in [7, 11) is -2.83. The number of ether oxygens (including phenoxy) is 3. The topological polar surface area (TPSA) is 90.9 Å². The number of carbonyl (C=O) groups is 1. The molecule has 2 aromatic carbocycles. The second kappa shape index (κ2) is 6.75. The van der Waals surface area contributed by atoms with Crippen molar-refractivity contribution in [2.45, 2.75) is 4.90 Å². The molecule has 140 valence electrons. The third-order valence-corrected chi connectivity index (χ3v) is 6.73. The Bertz CT molecular complexity index is 1140. The van der Waals surface area contributed by atoms with Gasteiger partial charge in [0.15, 0.2) is 11.5 Å². The van der Waals surface area contributed by atoms with Crippen molar-refractivity contribution in [3.05, 3.63) is 47.3 Å². The Morgan fingerprint density at radius 2 is 1.85 bits per heavy atom. The number of anilines is 1. The average molecular weight is 405 g/mol. The summed E-state index contributed by atoms with van der Waals surface area (Å²) in [5, 5.41) is 0.466. The first kappa shape index (κ1) is 17.6. The van der Waals surface area contributed by atoms with E-state index in [2.05, 4.69) is 4.72 Å². The minimum absolute atomic E-state index is 0.0312. The van der Waals surface area contributed by atoms with Gasteiger partial charge in [-0.05, 0) is 18.2 Å². The number of hydrogen-bond donors (Lipinski definition) is 1. The fraction of sp³-hybridized carbons (Fsp3) is 0.167. The number of nitrogens with one attached hydrogen (secondary N) is 1. The quantitative estimate of drug-likeness (QED) is 0.670. The summed E-state index contributed by atoms with van der Waals surface area (Å²) in [5.41, 5.74) is 0.311. The van der Waals surface area contributed by atoms with E-state index in [1.54, 1.807) is 42.5 Å². The Hall–Kier alpha value is -2.78. The van der Waals surface area contributed by atoms with Gasteiger partial charge < -0.3 is 14.2 Å². The summed E-state index contributed by atoms with van der Waals surface area (Å²) in [4.78, 5) is 12.1. The molecule has 0 fully saturated rings. The lowest BCUT2D eigenvalue weighted by Gasteiger charge is -2.19. The third kappa shape index (κ3) is 3.19. The molecule has 0 bridgehead atoms. The lowest BCUT2D eigenvalue weighted by molar-refractivity contribution is 0.0602. The molecule has 1 aromatic heterocycles. The summed E-state index contributed by atoms with van der Waals surface area (Å²) in [5.74, 6) is 0.323. The van der Waals surface area contributed by atoms with E-state index in [1.165, 1.54) is 7.11 Å². The van der Waals surface area contributed by atoms with E-state index in [9.17, 15) is 13.2 Å². The van der Waals surface area contributed by atoms with Gasteiger partial charge in [0.05, 0.1) is 12.8 Å². The van der Waals surface area contributed by atoms with Crippen LogP contribution in [0.1, 0.15) is 9.67 Å². The predicted octanol–water partition coefficient (Wildman–Crippen LogP) is 3.26. The monoisotopic (exact) mass is 405 g/mol. The lowest BCUT2D eigenvalue weighted by atomic mass is 10.2. The molecule has 9 heteroatoms. The fourth-order valence-corrected chi connectivity index (χ4v) is 5.70. The van der Waals surface area contributed by atoms with Gasteiger partial charge in [0.25, 0.3) is 10.0 Å². The van der Waals surface area contributed by atoms with Gasteiger partial charge in [-0.25, -0.2) is 13.2 Å². The molecular weight excluding hydrogens is 390 g/mol. The number of benzene rings is 2. The first-order valence-corrected chi connectivity index (χ1v) is 10.3. The molecular formula is C18H15NO6S2. The highest BCUT2D eigenvalue weighted by molar-refractivity contribution is 7.93. The van der Waals surface area contributed by atoms with Gasteiger partial charge in [0.1, 0.15) is 23.0 Å². The zero-order chi connectivity index (χ0) is 19.0. The maximum atomic E-state index is 13.1. The maximum absolute atomic E-state index is 13.1. The van der Waals surface area contributed by atoms with Crippen molar-refractivity contribution in [3.8, 4) is 11.5 Å². The Morgan fingerprint density at radius 1 is 1.11 bits per heavy atom. The Morgan fingerprint density at radius 3 is 2.63 bits per heavy atom. The Labute approximate surface area is 159 Å². The molecule has 0 aliphatic carbocycles. The van der Waals surface area contributed by atoms with E-state index >= 15 is 0 Å². The molecule has 0 saturated carbocycles. The van der Waals surface area contributed by atoms with E-state index in [0.717, 1.165) is 11.3 Å².